The van der Waals surface area contributed by atoms with Crippen LogP contribution in [0.5, 0.6) is 0 Å². The summed E-state index contributed by atoms with van der Waals surface area (Å²) >= 11 is 0. The Kier molecular flexibility index (Phi) is 5.11. The molecule has 2 unspecified atom stereocenters. The van der Waals surface area contributed by atoms with Crippen LogP contribution in [0.2, 0.25) is 0 Å². The summed E-state index contributed by atoms with van der Waals surface area (Å²) < 4.78 is 1.80. The van der Waals surface area contributed by atoms with Gasteiger partial charge in [0.15, 0.2) is 0 Å². The summed E-state index contributed by atoms with van der Waals surface area (Å²) in [4.78, 5) is 11.8. The lowest BCUT2D eigenvalue weighted by Crippen LogP contribution is -2.28. The molecule has 2 rings (SSSR count). The molecule has 0 aliphatic rings. The van der Waals surface area contributed by atoms with Crippen molar-refractivity contribution in [2.75, 3.05) is 0 Å². The van der Waals surface area contributed by atoms with E-state index in [2.05, 4.69) is 10.4 Å². The van der Waals surface area contributed by atoms with E-state index in [0.29, 0.717) is 12.8 Å². The first-order chi connectivity index (χ1) is 10.1. The van der Waals surface area contributed by atoms with Gasteiger partial charge in [-0.1, -0.05) is 12.1 Å². The molecule has 0 radical (unpaired) electrons. The third kappa shape index (κ3) is 4.43. The predicted octanol–water partition coefficient (Wildman–Crippen LogP) is 2.18. The van der Waals surface area contributed by atoms with E-state index in [1.54, 1.807) is 10.9 Å². The Morgan fingerprint density at radius 3 is 2.62 bits per heavy atom. The van der Waals surface area contributed by atoms with Gasteiger partial charge in [0.25, 0.3) is 0 Å². The van der Waals surface area contributed by atoms with Gasteiger partial charge in [0.1, 0.15) is 0 Å². The number of aromatic nitrogens is 2. The quantitative estimate of drug-likeness (QED) is 0.855. The molecule has 0 aliphatic heterocycles. The van der Waals surface area contributed by atoms with Crippen molar-refractivity contribution in [3.05, 3.63) is 48.3 Å². The average Bonchev–Trinajstić information content (AvgIpc) is 2.99. The number of nitrogens with two attached hydrogens (primary N) is 1. The molecule has 0 aliphatic carbocycles. The van der Waals surface area contributed by atoms with Crippen molar-refractivity contribution in [3.8, 4) is 5.69 Å². The molecule has 1 aromatic heterocycles. The van der Waals surface area contributed by atoms with Crippen molar-refractivity contribution in [2.45, 2.75) is 38.8 Å². The SMILES string of the molecule is CC(N)CCC(=O)NC(C)c1ccc(-n2cccn2)cc1. The number of hydrogen-bond acceptors (Lipinski definition) is 3. The van der Waals surface area contributed by atoms with Crippen molar-refractivity contribution in [1.82, 2.24) is 15.1 Å². The number of benzene rings is 1. The summed E-state index contributed by atoms with van der Waals surface area (Å²) in [5, 5.41) is 7.17. The fourth-order valence-corrected chi connectivity index (χ4v) is 2.09. The molecule has 5 nitrogen and oxygen atoms in total. The van der Waals surface area contributed by atoms with Crippen LogP contribution >= 0.6 is 0 Å². The van der Waals surface area contributed by atoms with E-state index >= 15 is 0 Å². The van der Waals surface area contributed by atoms with Crippen LogP contribution in [0.3, 0.4) is 0 Å². The lowest BCUT2D eigenvalue weighted by Gasteiger charge is -2.15. The highest BCUT2D eigenvalue weighted by Crippen LogP contribution is 2.15. The van der Waals surface area contributed by atoms with Crippen molar-refractivity contribution < 1.29 is 4.79 Å². The first-order valence-electron chi connectivity index (χ1n) is 7.21. The monoisotopic (exact) mass is 286 g/mol. The maximum Gasteiger partial charge on any atom is 0.220 e. The Morgan fingerprint density at radius 1 is 1.33 bits per heavy atom. The molecular formula is C16H22N4O. The summed E-state index contributed by atoms with van der Waals surface area (Å²) in [7, 11) is 0. The average molecular weight is 286 g/mol. The minimum Gasteiger partial charge on any atom is -0.350 e. The van der Waals surface area contributed by atoms with Crippen LogP contribution < -0.4 is 11.1 Å². The van der Waals surface area contributed by atoms with Crippen molar-refractivity contribution in [1.29, 1.82) is 0 Å². The second-order valence-electron chi connectivity index (χ2n) is 5.35. The highest BCUT2D eigenvalue weighted by molar-refractivity contribution is 5.76. The van der Waals surface area contributed by atoms with E-state index in [0.717, 1.165) is 11.3 Å². The van der Waals surface area contributed by atoms with Gasteiger partial charge in [0.2, 0.25) is 5.91 Å². The number of nitrogens with zero attached hydrogens (tertiary/aromatic N) is 2. The Bertz CT molecular complexity index is 560. The maximum absolute atomic E-state index is 11.8. The first kappa shape index (κ1) is 15.3. The molecule has 0 bridgehead atoms. The van der Waals surface area contributed by atoms with E-state index < -0.39 is 0 Å². The molecule has 21 heavy (non-hydrogen) atoms. The molecular weight excluding hydrogens is 264 g/mol. The molecule has 5 heteroatoms. The van der Waals surface area contributed by atoms with Crippen LogP contribution in [0.25, 0.3) is 5.69 Å². The molecule has 112 valence electrons. The minimum absolute atomic E-state index is 0.0164. The predicted molar refractivity (Wildman–Crippen MR) is 83.0 cm³/mol. The van der Waals surface area contributed by atoms with Gasteiger partial charge in [-0.2, -0.15) is 5.10 Å². The Morgan fingerprint density at radius 2 is 2.05 bits per heavy atom. The normalized spacial score (nSPS) is 13.7. The third-order valence-electron chi connectivity index (χ3n) is 3.37. The van der Waals surface area contributed by atoms with Gasteiger partial charge in [-0.15, -0.1) is 0 Å². The lowest BCUT2D eigenvalue weighted by atomic mass is 10.1. The number of hydrogen-bond donors (Lipinski definition) is 2. The maximum atomic E-state index is 11.8. The van der Waals surface area contributed by atoms with Gasteiger partial charge in [0, 0.05) is 24.9 Å². The second kappa shape index (κ2) is 7.04. The first-order valence-corrected chi connectivity index (χ1v) is 7.21. The second-order valence-corrected chi connectivity index (χ2v) is 5.35. The standard InChI is InChI=1S/C16H22N4O/c1-12(17)4-9-16(21)19-13(2)14-5-7-15(8-6-14)20-11-3-10-18-20/h3,5-8,10-13H,4,9,17H2,1-2H3,(H,19,21). The van der Waals surface area contributed by atoms with Crippen LogP contribution in [-0.2, 0) is 4.79 Å². The van der Waals surface area contributed by atoms with E-state index in [-0.39, 0.29) is 18.0 Å². The Hall–Kier alpha value is -2.14. The summed E-state index contributed by atoms with van der Waals surface area (Å²) in [5.74, 6) is 0.0379. The van der Waals surface area contributed by atoms with Crippen LogP contribution in [0.4, 0.5) is 0 Å². The highest BCUT2D eigenvalue weighted by Gasteiger charge is 2.10. The van der Waals surface area contributed by atoms with Crippen LogP contribution in [0.1, 0.15) is 38.3 Å². The molecule has 2 aromatic rings. The lowest BCUT2D eigenvalue weighted by molar-refractivity contribution is -0.121. The summed E-state index contributed by atoms with van der Waals surface area (Å²) in [6.45, 7) is 3.89. The van der Waals surface area contributed by atoms with Crippen LogP contribution in [0.15, 0.2) is 42.7 Å². The molecule has 0 fully saturated rings. The summed E-state index contributed by atoms with van der Waals surface area (Å²) in [6, 6.07) is 9.92. The molecule has 3 N–H and O–H groups in total. The van der Waals surface area contributed by atoms with Crippen LogP contribution in [0, 0.1) is 0 Å². The van der Waals surface area contributed by atoms with Gasteiger partial charge >= 0.3 is 0 Å². The molecule has 2 atom stereocenters. The number of carbonyl (C=O) groups excluding carboxylic acids is 1. The number of carbonyl (C=O) groups is 1. The summed E-state index contributed by atoms with van der Waals surface area (Å²) in [5.41, 5.74) is 7.73. The third-order valence-corrected chi connectivity index (χ3v) is 3.37. The van der Waals surface area contributed by atoms with E-state index in [1.807, 2.05) is 50.4 Å². The zero-order valence-corrected chi connectivity index (χ0v) is 12.5. The van der Waals surface area contributed by atoms with Crippen molar-refractivity contribution >= 4 is 5.91 Å². The van der Waals surface area contributed by atoms with E-state index in [9.17, 15) is 4.79 Å². The highest BCUT2D eigenvalue weighted by atomic mass is 16.1. The number of nitrogens with one attached hydrogen (secondary N) is 1. The molecule has 1 aromatic carbocycles. The minimum atomic E-state index is -0.0164. The Labute approximate surface area is 125 Å². The fourth-order valence-electron chi connectivity index (χ4n) is 2.09. The van der Waals surface area contributed by atoms with Gasteiger partial charge in [-0.25, -0.2) is 4.68 Å². The van der Waals surface area contributed by atoms with Gasteiger partial charge in [-0.05, 0) is 44.0 Å². The van der Waals surface area contributed by atoms with E-state index in [4.69, 9.17) is 5.73 Å². The largest absolute Gasteiger partial charge is 0.350 e. The fraction of sp³-hybridized carbons (Fsp3) is 0.375. The van der Waals surface area contributed by atoms with E-state index in [1.165, 1.54) is 0 Å². The van der Waals surface area contributed by atoms with Gasteiger partial charge in [-0.3, -0.25) is 4.79 Å². The van der Waals surface area contributed by atoms with Gasteiger partial charge in [0.05, 0.1) is 11.7 Å². The van der Waals surface area contributed by atoms with Gasteiger partial charge < -0.3 is 11.1 Å². The van der Waals surface area contributed by atoms with Crippen LogP contribution in [-0.4, -0.2) is 21.7 Å². The zero-order chi connectivity index (χ0) is 15.2. The van der Waals surface area contributed by atoms with Crippen molar-refractivity contribution in [3.63, 3.8) is 0 Å². The molecule has 1 amide bonds. The molecule has 1 heterocycles. The summed E-state index contributed by atoms with van der Waals surface area (Å²) in [6.07, 6.45) is 4.81. The molecule has 0 spiro atoms. The topological polar surface area (TPSA) is 72.9 Å². The molecule has 0 saturated carbocycles. The number of amides is 1. The molecule has 0 saturated heterocycles. The zero-order valence-electron chi connectivity index (χ0n) is 12.5. The van der Waals surface area contributed by atoms with Crippen molar-refractivity contribution in [2.24, 2.45) is 5.73 Å². The number of rotatable bonds is 6. The smallest absolute Gasteiger partial charge is 0.220 e. The Balaban J connectivity index is 1.93.